The molecule has 194 valence electrons. The Morgan fingerprint density at radius 2 is 1.89 bits per heavy atom. The van der Waals surface area contributed by atoms with Crippen molar-refractivity contribution in [3.05, 3.63) is 29.4 Å². The molecule has 1 amide bonds. The van der Waals surface area contributed by atoms with Gasteiger partial charge in [-0.3, -0.25) is 9.69 Å². The summed E-state index contributed by atoms with van der Waals surface area (Å²) in [6.45, 7) is 7.84. The van der Waals surface area contributed by atoms with Crippen LogP contribution >= 0.6 is 11.6 Å². The molecule has 4 heterocycles. The molecule has 4 aliphatic rings. The number of fused-ring (bicyclic) bond motifs is 1. The van der Waals surface area contributed by atoms with Crippen LogP contribution in [0.25, 0.3) is 10.8 Å². The fourth-order valence-corrected chi connectivity index (χ4v) is 6.87. The number of anilines is 2. The molecule has 3 atom stereocenters. The number of amides is 1. The van der Waals surface area contributed by atoms with Crippen molar-refractivity contribution in [2.75, 3.05) is 62.8 Å². The first kappa shape index (κ1) is 24.4. The molecular formula is C27H35ClN4O4. The maximum atomic E-state index is 13.1. The number of pyridine rings is 1. The first-order valence-corrected chi connectivity index (χ1v) is 13.5. The average Bonchev–Trinajstić information content (AvgIpc) is 3.22. The summed E-state index contributed by atoms with van der Waals surface area (Å²) in [4.78, 5) is 22.2. The van der Waals surface area contributed by atoms with E-state index in [1.807, 2.05) is 12.1 Å². The largest absolute Gasteiger partial charge is 0.389 e. The van der Waals surface area contributed by atoms with Gasteiger partial charge in [0, 0.05) is 56.9 Å². The Morgan fingerprint density at radius 3 is 2.56 bits per heavy atom. The van der Waals surface area contributed by atoms with Crippen LogP contribution in [0.3, 0.4) is 0 Å². The van der Waals surface area contributed by atoms with Gasteiger partial charge in [0.15, 0.2) is 0 Å². The van der Waals surface area contributed by atoms with Crippen molar-refractivity contribution in [2.24, 2.45) is 11.3 Å². The number of nitrogens with zero attached hydrogens (tertiary/aromatic N) is 3. The van der Waals surface area contributed by atoms with Crippen molar-refractivity contribution in [1.29, 1.82) is 0 Å². The van der Waals surface area contributed by atoms with Gasteiger partial charge in [-0.1, -0.05) is 11.6 Å². The lowest BCUT2D eigenvalue weighted by Gasteiger charge is -2.50. The summed E-state index contributed by atoms with van der Waals surface area (Å²) in [5.41, 5.74) is 0.766. The summed E-state index contributed by atoms with van der Waals surface area (Å²) in [5.74, 6) is 0.705. The monoisotopic (exact) mass is 514 g/mol. The molecule has 1 aromatic carbocycles. The van der Waals surface area contributed by atoms with Crippen LogP contribution < -0.4 is 10.2 Å². The summed E-state index contributed by atoms with van der Waals surface area (Å²) in [7, 11) is 0. The molecular weight excluding hydrogens is 480 g/mol. The highest BCUT2D eigenvalue weighted by Crippen LogP contribution is 2.53. The summed E-state index contributed by atoms with van der Waals surface area (Å²) in [6.07, 6.45) is 5.31. The van der Waals surface area contributed by atoms with E-state index >= 15 is 0 Å². The van der Waals surface area contributed by atoms with Gasteiger partial charge in [-0.05, 0) is 61.6 Å². The van der Waals surface area contributed by atoms with Crippen LogP contribution in [0.15, 0.2) is 24.4 Å². The van der Waals surface area contributed by atoms with E-state index in [0.717, 1.165) is 81.5 Å². The standard InChI is InChI=1S/C27H35ClN4O4/c1-26(17-36-16-23(26)33)32-8-6-31(7-9-32)22-13-18-14-24(29-15-19(18)12-21(22)28)30-25(34)20-2-3-27(20)4-10-35-11-5-27/h12-15,20,23,33H,2-11,16-17H2,1H3,(H,29,30,34). The van der Waals surface area contributed by atoms with Gasteiger partial charge in [-0.15, -0.1) is 0 Å². The molecule has 0 radical (unpaired) electrons. The highest BCUT2D eigenvalue weighted by molar-refractivity contribution is 6.34. The van der Waals surface area contributed by atoms with Crippen LogP contribution in [0.1, 0.15) is 32.6 Å². The van der Waals surface area contributed by atoms with Gasteiger partial charge in [-0.25, -0.2) is 4.98 Å². The van der Waals surface area contributed by atoms with E-state index in [9.17, 15) is 9.90 Å². The second kappa shape index (κ2) is 9.40. The smallest absolute Gasteiger partial charge is 0.229 e. The predicted octanol–water partition coefficient (Wildman–Crippen LogP) is 3.31. The van der Waals surface area contributed by atoms with E-state index in [4.69, 9.17) is 21.1 Å². The van der Waals surface area contributed by atoms with Crippen molar-refractivity contribution in [3.63, 3.8) is 0 Å². The van der Waals surface area contributed by atoms with Crippen molar-refractivity contribution in [1.82, 2.24) is 9.88 Å². The lowest BCUT2D eigenvalue weighted by molar-refractivity contribution is -0.138. The number of hydrogen-bond donors (Lipinski definition) is 2. The molecule has 2 aromatic rings. The maximum absolute atomic E-state index is 13.1. The van der Waals surface area contributed by atoms with Crippen molar-refractivity contribution in [3.8, 4) is 0 Å². The van der Waals surface area contributed by atoms with Crippen LogP contribution in [-0.2, 0) is 14.3 Å². The Hall–Kier alpha value is -1.97. The molecule has 1 aromatic heterocycles. The molecule has 1 saturated carbocycles. The normalized spacial score (nSPS) is 30.5. The third kappa shape index (κ3) is 4.17. The van der Waals surface area contributed by atoms with E-state index in [1.54, 1.807) is 6.20 Å². The van der Waals surface area contributed by atoms with Crippen LogP contribution in [0.2, 0.25) is 5.02 Å². The minimum Gasteiger partial charge on any atom is -0.389 e. The third-order valence-corrected chi connectivity index (χ3v) is 9.55. The van der Waals surface area contributed by atoms with Gasteiger partial charge >= 0.3 is 0 Å². The minimum absolute atomic E-state index is 0.0432. The zero-order valence-corrected chi connectivity index (χ0v) is 21.6. The van der Waals surface area contributed by atoms with Gasteiger partial charge in [0.25, 0.3) is 0 Å². The molecule has 3 saturated heterocycles. The second-order valence-electron chi connectivity index (χ2n) is 11.1. The van der Waals surface area contributed by atoms with Gasteiger partial charge in [0.2, 0.25) is 5.91 Å². The summed E-state index contributed by atoms with van der Waals surface area (Å²) >= 11 is 6.70. The Morgan fingerprint density at radius 1 is 1.11 bits per heavy atom. The molecule has 36 heavy (non-hydrogen) atoms. The van der Waals surface area contributed by atoms with E-state index in [0.29, 0.717) is 24.1 Å². The van der Waals surface area contributed by atoms with Gasteiger partial charge in [0.05, 0.1) is 35.6 Å². The number of carbonyl (C=O) groups is 1. The van der Waals surface area contributed by atoms with E-state index in [2.05, 4.69) is 33.1 Å². The number of ether oxygens (including phenoxy) is 2. The van der Waals surface area contributed by atoms with Crippen molar-refractivity contribution >= 4 is 39.8 Å². The highest BCUT2D eigenvalue weighted by atomic mass is 35.5. The Kier molecular flexibility index (Phi) is 6.37. The first-order valence-electron chi connectivity index (χ1n) is 13.1. The van der Waals surface area contributed by atoms with E-state index in [1.165, 1.54) is 0 Å². The number of carbonyl (C=O) groups excluding carboxylic acids is 1. The number of aromatic nitrogens is 1. The lowest BCUT2D eigenvalue weighted by Crippen LogP contribution is -2.60. The molecule has 3 unspecified atom stereocenters. The van der Waals surface area contributed by atoms with Crippen LogP contribution in [0.4, 0.5) is 11.5 Å². The number of halogens is 1. The molecule has 8 nitrogen and oxygen atoms in total. The minimum atomic E-state index is -0.462. The molecule has 4 fully saturated rings. The van der Waals surface area contributed by atoms with E-state index in [-0.39, 0.29) is 22.8 Å². The maximum Gasteiger partial charge on any atom is 0.229 e. The third-order valence-electron chi connectivity index (χ3n) is 9.24. The first-order chi connectivity index (χ1) is 17.4. The average molecular weight is 515 g/mol. The zero-order valence-electron chi connectivity index (χ0n) is 20.8. The van der Waals surface area contributed by atoms with E-state index < -0.39 is 6.10 Å². The summed E-state index contributed by atoms with van der Waals surface area (Å²) in [6, 6.07) is 6.01. The number of aliphatic hydroxyl groups excluding tert-OH is 1. The number of hydrogen-bond acceptors (Lipinski definition) is 7. The zero-order chi connectivity index (χ0) is 24.9. The number of nitrogens with one attached hydrogen (secondary N) is 1. The Balaban J connectivity index is 1.16. The quantitative estimate of drug-likeness (QED) is 0.647. The van der Waals surface area contributed by atoms with Crippen LogP contribution in [0, 0.1) is 11.3 Å². The summed E-state index contributed by atoms with van der Waals surface area (Å²) < 4.78 is 11.1. The fraction of sp³-hybridized carbons (Fsp3) is 0.630. The molecule has 1 spiro atoms. The molecule has 9 heteroatoms. The molecule has 6 rings (SSSR count). The lowest BCUT2D eigenvalue weighted by atomic mass is 9.56. The molecule has 0 bridgehead atoms. The van der Waals surface area contributed by atoms with Crippen LogP contribution in [-0.4, -0.2) is 85.1 Å². The second-order valence-corrected chi connectivity index (χ2v) is 11.5. The van der Waals surface area contributed by atoms with Gasteiger partial charge < -0.3 is 24.8 Å². The molecule has 3 aliphatic heterocycles. The number of benzene rings is 1. The molecule has 2 N–H and O–H groups in total. The van der Waals surface area contributed by atoms with Crippen molar-refractivity contribution < 1.29 is 19.4 Å². The number of aliphatic hydroxyl groups is 1. The highest BCUT2D eigenvalue weighted by Gasteiger charge is 2.51. The SMILES string of the molecule is CC1(N2CCN(c3cc4cc(NC(=O)C5CCC56CCOCC6)ncc4cc3Cl)CC2)COCC1O. The van der Waals surface area contributed by atoms with Gasteiger partial charge in [-0.2, -0.15) is 0 Å². The molecule has 1 aliphatic carbocycles. The Labute approximate surface area is 216 Å². The predicted molar refractivity (Wildman–Crippen MR) is 140 cm³/mol. The summed E-state index contributed by atoms with van der Waals surface area (Å²) in [5, 5.41) is 16.2. The van der Waals surface area contributed by atoms with Gasteiger partial charge in [0.1, 0.15) is 5.82 Å². The fourth-order valence-electron chi connectivity index (χ4n) is 6.57. The number of rotatable bonds is 4. The topological polar surface area (TPSA) is 87.2 Å². The van der Waals surface area contributed by atoms with Crippen molar-refractivity contribution in [2.45, 2.75) is 44.2 Å². The number of piperazine rings is 1. The van der Waals surface area contributed by atoms with Crippen LogP contribution in [0.5, 0.6) is 0 Å². The Bertz CT molecular complexity index is 1150.